The zero-order chi connectivity index (χ0) is 28.3. The molecule has 0 radical (unpaired) electrons. The van der Waals surface area contributed by atoms with Crippen LogP contribution in [0.2, 0.25) is 0 Å². The third kappa shape index (κ3) is 4.68. The van der Waals surface area contributed by atoms with Gasteiger partial charge in [-0.1, -0.05) is 6.07 Å². The van der Waals surface area contributed by atoms with Crippen LogP contribution < -0.4 is 5.73 Å². The highest BCUT2D eigenvalue weighted by Crippen LogP contribution is 2.44. The molecule has 0 saturated carbocycles. The fourth-order valence-electron chi connectivity index (χ4n) is 6.13. The lowest BCUT2D eigenvalue weighted by atomic mass is 9.97. The molecule has 4 aromatic rings. The summed E-state index contributed by atoms with van der Waals surface area (Å²) in [6.07, 6.45) is 4.87. The molecular formula is C30H29F2N5O2S. The first-order valence-corrected chi connectivity index (χ1v) is 14.1. The van der Waals surface area contributed by atoms with Gasteiger partial charge in [0.2, 0.25) is 0 Å². The van der Waals surface area contributed by atoms with E-state index in [0.29, 0.717) is 31.8 Å². The highest BCUT2D eigenvalue weighted by molar-refractivity contribution is 7.18. The van der Waals surface area contributed by atoms with Gasteiger partial charge in [0.1, 0.15) is 17.7 Å². The van der Waals surface area contributed by atoms with Gasteiger partial charge in [0.15, 0.2) is 0 Å². The van der Waals surface area contributed by atoms with Crippen molar-refractivity contribution in [3.8, 4) is 27.6 Å². The summed E-state index contributed by atoms with van der Waals surface area (Å²) in [6, 6.07) is 11.0. The Morgan fingerprint density at radius 1 is 1.15 bits per heavy atom. The Hall–Kier alpha value is -3.65. The lowest BCUT2D eigenvalue weighted by molar-refractivity contribution is 0.0576. The van der Waals surface area contributed by atoms with Crippen molar-refractivity contribution in [2.75, 3.05) is 0 Å². The Morgan fingerprint density at radius 3 is 2.52 bits per heavy atom. The van der Waals surface area contributed by atoms with Gasteiger partial charge >= 0.3 is 0 Å². The molecular weight excluding hydrogens is 532 g/mol. The topological polar surface area (TPSA) is 108 Å². The average molecular weight is 562 g/mol. The molecule has 2 fully saturated rings. The van der Waals surface area contributed by atoms with Crippen LogP contribution in [-0.4, -0.2) is 49.4 Å². The molecule has 2 aromatic heterocycles. The quantitative estimate of drug-likeness (QED) is 0.337. The SMILES string of the molecule is CC(C)(O)Cn1ncc2cc(F)c(-c3sc(C(=O)N4C5CC[C@H]4CC(N)C5)cc3-c3ccc(C#N)c(F)c3)cc21. The Labute approximate surface area is 234 Å². The number of nitrogens with two attached hydrogens (primary N) is 1. The van der Waals surface area contributed by atoms with Crippen molar-refractivity contribution < 1.29 is 18.7 Å². The number of fused-ring (bicyclic) bond motifs is 3. The van der Waals surface area contributed by atoms with Crippen molar-refractivity contribution in [3.05, 3.63) is 64.7 Å². The summed E-state index contributed by atoms with van der Waals surface area (Å²) in [5.41, 5.74) is 6.90. The molecule has 2 unspecified atom stereocenters. The summed E-state index contributed by atoms with van der Waals surface area (Å²) in [5.74, 6) is -1.32. The first-order chi connectivity index (χ1) is 19.0. The highest BCUT2D eigenvalue weighted by Gasteiger charge is 2.43. The monoisotopic (exact) mass is 561 g/mol. The van der Waals surface area contributed by atoms with Crippen molar-refractivity contribution in [2.24, 2.45) is 5.73 Å². The van der Waals surface area contributed by atoms with Gasteiger partial charge in [0.25, 0.3) is 5.91 Å². The number of nitriles is 1. The average Bonchev–Trinajstić information content (AvgIpc) is 3.56. The zero-order valence-corrected chi connectivity index (χ0v) is 23.0. The number of aliphatic hydroxyl groups is 1. The van der Waals surface area contributed by atoms with Crippen molar-refractivity contribution in [2.45, 2.75) is 69.8 Å². The van der Waals surface area contributed by atoms with E-state index in [1.54, 1.807) is 42.9 Å². The number of rotatable bonds is 5. The van der Waals surface area contributed by atoms with E-state index in [0.717, 1.165) is 25.7 Å². The number of piperidine rings is 1. The molecule has 6 rings (SSSR count). The molecule has 4 heterocycles. The molecule has 2 bridgehead atoms. The minimum atomic E-state index is -1.04. The van der Waals surface area contributed by atoms with Crippen LogP contribution in [0.5, 0.6) is 0 Å². The van der Waals surface area contributed by atoms with Crippen molar-refractivity contribution >= 4 is 28.1 Å². The fraction of sp³-hybridized carbons (Fsp3) is 0.367. The Morgan fingerprint density at radius 2 is 1.88 bits per heavy atom. The molecule has 10 heteroatoms. The van der Waals surface area contributed by atoms with E-state index in [1.807, 2.05) is 11.0 Å². The highest BCUT2D eigenvalue weighted by atomic mass is 32.1. The molecule has 40 heavy (non-hydrogen) atoms. The normalized spacial score (nSPS) is 20.7. The number of thiophene rings is 1. The third-order valence-electron chi connectivity index (χ3n) is 7.86. The maximum Gasteiger partial charge on any atom is 0.264 e. The van der Waals surface area contributed by atoms with Gasteiger partial charge in [-0.25, -0.2) is 8.78 Å². The number of halogens is 2. The molecule has 1 amide bonds. The van der Waals surface area contributed by atoms with E-state index >= 15 is 4.39 Å². The lowest BCUT2D eigenvalue weighted by Crippen LogP contribution is -2.49. The van der Waals surface area contributed by atoms with Crippen molar-refractivity contribution in [3.63, 3.8) is 0 Å². The van der Waals surface area contributed by atoms with Gasteiger partial charge in [-0.05, 0) is 75.4 Å². The second kappa shape index (κ2) is 9.77. The molecule has 7 nitrogen and oxygen atoms in total. The lowest BCUT2D eigenvalue weighted by Gasteiger charge is -2.37. The molecule has 3 atom stereocenters. The molecule has 2 saturated heterocycles. The summed E-state index contributed by atoms with van der Waals surface area (Å²) in [6.45, 7) is 3.53. The number of carbonyl (C=O) groups is 1. The van der Waals surface area contributed by atoms with Gasteiger partial charge in [0.05, 0.1) is 34.3 Å². The minimum absolute atomic E-state index is 0.0758. The number of carbonyl (C=O) groups excluding carboxylic acids is 1. The Bertz CT molecular complexity index is 1670. The maximum atomic E-state index is 15.7. The van der Waals surface area contributed by atoms with Crippen LogP contribution in [0, 0.1) is 23.0 Å². The van der Waals surface area contributed by atoms with Crippen LogP contribution in [0.25, 0.3) is 32.5 Å². The Kier molecular flexibility index (Phi) is 6.49. The summed E-state index contributed by atoms with van der Waals surface area (Å²) in [5, 5.41) is 24.5. The fourth-order valence-corrected chi connectivity index (χ4v) is 7.27. The second-order valence-corrected chi connectivity index (χ2v) is 12.5. The van der Waals surface area contributed by atoms with Crippen LogP contribution in [0.1, 0.15) is 54.8 Å². The first kappa shape index (κ1) is 26.6. The predicted molar refractivity (Wildman–Crippen MR) is 150 cm³/mol. The molecule has 0 aliphatic carbocycles. The van der Waals surface area contributed by atoms with Crippen LogP contribution >= 0.6 is 11.3 Å². The van der Waals surface area contributed by atoms with E-state index in [-0.39, 0.29) is 41.7 Å². The molecule has 0 spiro atoms. The number of hydrogen-bond donors (Lipinski definition) is 2. The van der Waals surface area contributed by atoms with Crippen molar-refractivity contribution in [1.82, 2.24) is 14.7 Å². The number of hydrogen-bond acceptors (Lipinski definition) is 6. The molecule has 2 aliphatic rings. The van der Waals surface area contributed by atoms with Gasteiger partial charge in [-0.2, -0.15) is 10.4 Å². The van der Waals surface area contributed by atoms with Crippen LogP contribution in [0.15, 0.2) is 42.6 Å². The first-order valence-electron chi connectivity index (χ1n) is 13.3. The molecule has 3 N–H and O–H groups in total. The molecule has 206 valence electrons. The van der Waals surface area contributed by atoms with E-state index in [2.05, 4.69) is 5.10 Å². The number of nitrogens with zero attached hydrogens (tertiary/aromatic N) is 4. The van der Waals surface area contributed by atoms with Gasteiger partial charge in [-0.15, -0.1) is 11.3 Å². The number of amides is 1. The van der Waals surface area contributed by atoms with Crippen molar-refractivity contribution in [1.29, 1.82) is 5.26 Å². The van der Waals surface area contributed by atoms with Crippen LogP contribution in [-0.2, 0) is 6.54 Å². The zero-order valence-electron chi connectivity index (χ0n) is 22.2. The summed E-state index contributed by atoms with van der Waals surface area (Å²) in [7, 11) is 0. The van der Waals surface area contributed by atoms with Crippen LogP contribution in [0.3, 0.4) is 0 Å². The summed E-state index contributed by atoms with van der Waals surface area (Å²) < 4.78 is 32.0. The minimum Gasteiger partial charge on any atom is -0.389 e. The molecule has 2 aromatic carbocycles. The van der Waals surface area contributed by atoms with Gasteiger partial charge in [0, 0.05) is 39.5 Å². The summed E-state index contributed by atoms with van der Waals surface area (Å²) >= 11 is 1.17. The summed E-state index contributed by atoms with van der Waals surface area (Å²) in [4.78, 5) is 16.7. The predicted octanol–water partition coefficient (Wildman–Crippen LogP) is 5.45. The maximum absolute atomic E-state index is 15.7. The standard InChI is InChI=1S/C30H29F2N5O2S/c1-30(2,39)15-36-26-11-23(25(32)8-18(26)14-35-36)28-22(16-3-4-17(13-33)24(31)7-16)12-27(40-28)29(38)37-20-5-6-21(37)10-19(34)9-20/h3-4,7-8,11-12,14,19-21,39H,5-6,9-10,15,34H2,1-2H3/t19?,20-,21?/m0/s1. The van der Waals surface area contributed by atoms with Gasteiger partial charge in [-0.3, -0.25) is 9.48 Å². The third-order valence-corrected chi connectivity index (χ3v) is 9.02. The smallest absolute Gasteiger partial charge is 0.264 e. The molecule has 2 aliphatic heterocycles. The number of aromatic nitrogens is 2. The Balaban J connectivity index is 1.50. The van der Waals surface area contributed by atoms with Crippen LogP contribution in [0.4, 0.5) is 8.78 Å². The van der Waals surface area contributed by atoms with E-state index in [4.69, 9.17) is 5.73 Å². The number of benzene rings is 2. The van der Waals surface area contributed by atoms with E-state index in [1.165, 1.54) is 29.5 Å². The van der Waals surface area contributed by atoms with E-state index < -0.39 is 17.2 Å². The largest absolute Gasteiger partial charge is 0.389 e. The van der Waals surface area contributed by atoms with E-state index in [9.17, 15) is 19.6 Å². The van der Waals surface area contributed by atoms with Gasteiger partial charge < -0.3 is 15.7 Å². The second-order valence-electron chi connectivity index (χ2n) is 11.5.